The number of aliphatic hydroxyl groups excluding tert-OH is 2. The third-order valence-corrected chi connectivity index (χ3v) is 2.65. The molecule has 2 heteroatoms. The van der Waals surface area contributed by atoms with Gasteiger partial charge in [-0.15, -0.1) is 0 Å². The molecule has 15 heavy (non-hydrogen) atoms. The maximum atomic E-state index is 9.70. The van der Waals surface area contributed by atoms with Crippen LogP contribution in [0.4, 0.5) is 0 Å². The number of hydrogen-bond donors (Lipinski definition) is 2. The summed E-state index contributed by atoms with van der Waals surface area (Å²) < 4.78 is 0. The van der Waals surface area contributed by atoms with Crippen molar-refractivity contribution in [3.05, 3.63) is 35.9 Å². The lowest BCUT2D eigenvalue weighted by molar-refractivity contribution is -0.0118. The van der Waals surface area contributed by atoms with Crippen molar-refractivity contribution >= 4 is 0 Å². The minimum Gasteiger partial charge on any atom is -0.390 e. The molecule has 0 aliphatic rings. The van der Waals surface area contributed by atoms with Gasteiger partial charge in [0.05, 0.1) is 12.2 Å². The van der Waals surface area contributed by atoms with Crippen LogP contribution in [-0.4, -0.2) is 22.4 Å². The van der Waals surface area contributed by atoms with Crippen molar-refractivity contribution in [3.8, 4) is 0 Å². The molecule has 2 N–H and O–H groups in total. The van der Waals surface area contributed by atoms with E-state index in [2.05, 4.69) is 0 Å². The van der Waals surface area contributed by atoms with E-state index in [0.717, 1.165) is 6.42 Å². The van der Waals surface area contributed by atoms with Gasteiger partial charge >= 0.3 is 0 Å². The lowest BCUT2D eigenvalue weighted by Gasteiger charge is -2.20. The standard InChI is InChI=1S/C13H20O2/c1-10(2)13(15)12(14)9-8-11-6-4-3-5-7-11/h3-7,10,12-15H,8-9H2,1-2H3. The lowest BCUT2D eigenvalue weighted by atomic mass is 9.97. The van der Waals surface area contributed by atoms with Gasteiger partial charge in [-0.2, -0.15) is 0 Å². The highest BCUT2D eigenvalue weighted by atomic mass is 16.3. The number of benzene rings is 1. The van der Waals surface area contributed by atoms with E-state index in [1.807, 2.05) is 44.2 Å². The maximum Gasteiger partial charge on any atom is 0.0822 e. The molecule has 84 valence electrons. The van der Waals surface area contributed by atoms with Gasteiger partial charge in [-0.1, -0.05) is 44.2 Å². The summed E-state index contributed by atoms with van der Waals surface area (Å²) >= 11 is 0. The van der Waals surface area contributed by atoms with Gasteiger partial charge in [0.1, 0.15) is 0 Å². The first-order valence-electron chi connectivity index (χ1n) is 5.51. The molecule has 1 aromatic carbocycles. The van der Waals surface area contributed by atoms with E-state index in [0.29, 0.717) is 6.42 Å². The van der Waals surface area contributed by atoms with Gasteiger partial charge in [0.2, 0.25) is 0 Å². The summed E-state index contributed by atoms with van der Waals surface area (Å²) in [5.74, 6) is 0.107. The summed E-state index contributed by atoms with van der Waals surface area (Å²) in [6.07, 6.45) is 0.189. The maximum absolute atomic E-state index is 9.70. The van der Waals surface area contributed by atoms with Crippen LogP contribution in [0.15, 0.2) is 30.3 Å². The Balaban J connectivity index is 2.37. The molecule has 0 saturated heterocycles. The third kappa shape index (κ3) is 4.02. The van der Waals surface area contributed by atoms with Crippen LogP contribution in [0, 0.1) is 5.92 Å². The molecule has 0 aliphatic carbocycles. The van der Waals surface area contributed by atoms with Crippen molar-refractivity contribution in [2.45, 2.75) is 38.9 Å². The second-order valence-electron chi connectivity index (χ2n) is 4.33. The minimum atomic E-state index is -0.620. The quantitative estimate of drug-likeness (QED) is 0.777. The Morgan fingerprint density at radius 2 is 1.67 bits per heavy atom. The summed E-state index contributed by atoms with van der Waals surface area (Å²) in [6, 6.07) is 10.0. The molecule has 0 aliphatic heterocycles. The Kier molecular flexibility index (Phi) is 4.79. The summed E-state index contributed by atoms with van der Waals surface area (Å²) in [4.78, 5) is 0. The zero-order valence-electron chi connectivity index (χ0n) is 9.43. The first-order chi connectivity index (χ1) is 7.11. The van der Waals surface area contributed by atoms with E-state index in [4.69, 9.17) is 0 Å². The van der Waals surface area contributed by atoms with Crippen LogP contribution in [0.3, 0.4) is 0 Å². The second-order valence-corrected chi connectivity index (χ2v) is 4.33. The Bertz CT molecular complexity index is 269. The number of hydrogen-bond acceptors (Lipinski definition) is 2. The van der Waals surface area contributed by atoms with Gasteiger partial charge in [0, 0.05) is 0 Å². The van der Waals surface area contributed by atoms with E-state index in [1.54, 1.807) is 0 Å². The van der Waals surface area contributed by atoms with E-state index in [-0.39, 0.29) is 5.92 Å². The lowest BCUT2D eigenvalue weighted by Crippen LogP contribution is -2.31. The molecule has 2 atom stereocenters. The summed E-state index contributed by atoms with van der Waals surface area (Å²) in [5.41, 5.74) is 1.20. The van der Waals surface area contributed by atoms with Crippen molar-refractivity contribution in [2.75, 3.05) is 0 Å². The van der Waals surface area contributed by atoms with Gasteiger partial charge in [0.25, 0.3) is 0 Å². The molecule has 0 saturated carbocycles. The molecule has 0 heterocycles. The van der Waals surface area contributed by atoms with Crippen LogP contribution in [0.25, 0.3) is 0 Å². The summed E-state index contributed by atoms with van der Waals surface area (Å²) in [6.45, 7) is 3.83. The minimum absolute atomic E-state index is 0.107. The molecule has 2 nitrogen and oxygen atoms in total. The van der Waals surface area contributed by atoms with Crippen LogP contribution >= 0.6 is 0 Å². The Labute approximate surface area is 91.6 Å². The smallest absolute Gasteiger partial charge is 0.0822 e. The average Bonchev–Trinajstić information content (AvgIpc) is 2.26. The van der Waals surface area contributed by atoms with E-state index in [9.17, 15) is 10.2 Å². The third-order valence-electron chi connectivity index (χ3n) is 2.65. The van der Waals surface area contributed by atoms with Crippen molar-refractivity contribution < 1.29 is 10.2 Å². The molecule has 1 aromatic rings. The van der Waals surface area contributed by atoms with Crippen molar-refractivity contribution in [3.63, 3.8) is 0 Å². The Morgan fingerprint density at radius 1 is 1.07 bits per heavy atom. The zero-order valence-corrected chi connectivity index (χ0v) is 9.43. The van der Waals surface area contributed by atoms with Crippen molar-refractivity contribution in [2.24, 2.45) is 5.92 Å². The first-order valence-corrected chi connectivity index (χ1v) is 5.51. The predicted octanol–water partition coefficient (Wildman–Crippen LogP) is 2.00. The highest BCUT2D eigenvalue weighted by Gasteiger charge is 2.18. The largest absolute Gasteiger partial charge is 0.390 e. The molecule has 0 fully saturated rings. The van der Waals surface area contributed by atoms with Gasteiger partial charge in [0.15, 0.2) is 0 Å². The summed E-state index contributed by atoms with van der Waals surface area (Å²) in [5, 5.41) is 19.3. The van der Waals surface area contributed by atoms with Crippen LogP contribution < -0.4 is 0 Å². The molecule has 0 spiro atoms. The topological polar surface area (TPSA) is 40.5 Å². The van der Waals surface area contributed by atoms with Crippen LogP contribution in [0.1, 0.15) is 25.8 Å². The molecule has 0 bridgehead atoms. The summed E-state index contributed by atoms with van der Waals surface area (Å²) in [7, 11) is 0. The zero-order chi connectivity index (χ0) is 11.3. The predicted molar refractivity (Wildman–Crippen MR) is 61.6 cm³/mol. The van der Waals surface area contributed by atoms with Crippen LogP contribution in [0.5, 0.6) is 0 Å². The SMILES string of the molecule is CC(C)C(O)C(O)CCc1ccccc1. The Morgan fingerprint density at radius 3 is 2.20 bits per heavy atom. The van der Waals surface area contributed by atoms with E-state index in [1.165, 1.54) is 5.56 Å². The first kappa shape index (κ1) is 12.2. The van der Waals surface area contributed by atoms with E-state index >= 15 is 0 Å². The highest BCUT2D eigenvalue weighted by molar-refractivity contribution is 5.14. The van der Waals surface area contributed by atoms with Crippen molar-refractivity contribution in [1.82, 2.24) is 0 Å². The fourth-order valence-corrected chi connectivity index (χ4v) is 1.57. The van der Waals surface area contributed by atoms with Crippen molar-refractivity contribution in [1.29, 1.82) is 0 Å². The van der Waals surface area contributed by atoms with E-state index < -0.39 is 12.2 Å². The van der Waals surface area contributed by atoms with Gasteiger partial charge in [-0.25, -0.2) is 0 Å². The number of aryl methyl sites for hydroxylation is 1. The average molecular weight is 208 g/mol. The molecular weight excluding hydrogens is 188 g/mol. The number of rotatable bonds is 5. The fraction of sp³-hybridized carbons (Fsp3) is 0.538. The van der Waals surface area contributed by atoms with Gasteiger partial charge < -0.3 is 10.2 Å². The normalized spacial score (nSPS) is 15.3. The molecule has 1 rings (SSSR count). The molecule has 0 amide bonds. The van der Waals surface area contributed by atoms with Gasteiger partial charge in [-0.05, 0) is 24.3 Å². The van der Waals surface area contributed by atoms with Crippen LogP contribution in [0.2, 0.25) is 0 Å². The monoisotopic (exact) mass is 208 g/mol. The van der Waals surface area contributed by atoms with Gasteiger partial charge in [-0.3, -0.25) is 0 Å². The molecule has 0 aromatic heterocycles. The fourth-order valence-electron chi connectivity index (χ4n) is 1.57. The Hall–Kier alpha value is -0.860. The highest BCUT2D eigenvalue weighted by Crippen LogP contribution is 2.12. The molecular formula is C13H20O2. The number of aliphatic hydroxyl groups is 2. The van der Waals surface area contributed by atoms with Crippen LogP contribution in [-0.2, 0) is 6.42 Å². The second kappa shape index (κ2) is 5.89. The molecule has 0 radical (unpaired) electrons. The molecule has 2 unspecified atom stereocenters.